The summed E-state index contributed by atoms with van der Waals surface area (Å²) in [6, 6.07) is 2.22. The van der Waals surface area contributed by atoms with Gasteiger partial charge in [0.2, 0.25) is 0 Å². The summed E-state index contributed by atoms with van der Waals surface area (Å²) in [5.74, 6) is 0.811. The summed E-state index contributed by atoms with van der Waals surface area (Å²) in [6.07, 6.45) is 4.16. The minimum absolute atomic E-state index is 0.247. The standard InChI is InChI=1S/C14H20ClNO/c1-14(2,16)8-10-7-9-5-4-6-11(9)12(15)13(10)17-3/h7H,4-6,8,16H2,1-3H3. The summed E-state index contributed by atoms with van der Waals surface area (Å²) in [7, 11) is 1.68. The number of hydrogen-bond donors (Lipinski definition) is 1. The van der Waals surface area contributed by atoms with Crippen molar-refractivity contribution in [2.75, 3.05) is 7.11 Å². The largest absolute Gasteiger partial charge is 0.495 e. The molecule has 0 fully saturated rings. The first-order valence-corrected chi connectivity index (χ1v) is 6.46. The van der Waals surface area contributed by atoms with Gasteiger partial charge in [-0.1, -0.05) is 17.7 Å². The van der Waals surface area contributed by atoms with Crippen LogP contribution in [0.1, 0.15) is 37.0 Å². The fourth-order valence-corrected chi connectivity index (χ4v) is 2.99. The molecule has 0 bridgehead atoms. The normalized spacial score (nSPS) is 14.9. The minimum Gasteiger partial charge on any atom is -0.495 e. The minimum atomic E-state index is -0.247. The van der Waals surface area contributed by atoms with Crippen molar-refractivity contribution in [2.45, 2.75) is 45.1 Å². The van der Waals surface area contributed by atoms with Crippen LogP contribution in [0, 0.1) is 0 Å². The van der Waals surface area contributed by atoms with Crippen LogP contribution in [0.3, 0.4) is 0 Å². The third-order valence-corrected chi connectivity index (χ3v) is 3.61. The number of hydrogen-bond acceptors (Lipinski definition) is 2. The molecule has 2 nitrogen and oxygen atoms in total. The number of rotatable bonds is 3. The summed E-state index contributed by atoms with van der Waals surface area (Å²) in [5.41, 5.74) is 9.61. The van der Waals surface area contributed by atoms with Gasteiger partial charge in [0.05, 0.1) is 12.1 Å². The predicted molar refractivity (Wildman–Crippen MR) is 72.0 cm³/mol. The molecule has 1 aromatic carbocycles. The molecule has 2 N–H and O–H groups in total. The lowest BCUT2D eigenvalue weighted by molar-refractivity contribution is 0.402. The Bertz CT molecular complexity index is 435. The SMILES string of the molecule is COc1c(CC(C)(C)N)cc2c(c1Cl)CCC2. The molecule has 0 unspecified atom stereocenters. The van der Waals surface area contributed by atoms with Gasteiger partial charge >= 0.3 is 0 Å². The number of halogens is 1. The molecule has 1 aliphatic rings. The van der Waals surface area contributed by atoms with Crippen molar-refractivity contribution in [2.24, 2.45) is 5.73 Å². The van der Waals surface area contributed by atoms with E-state index in [0.717, 1.165) is 35.6 Å². The first kappa shape index (κ1) is 12.7. The summed E-state index contributed by atoms with van der Waals surface area (Å²) in [4.78, 5) is 0. The Morgan fingerprint density at radius 2 is 2.12 bits per heavy atom. The van der Waals surface area contributed by atoms with Gasteiger partial charge in [-0.15, -0.1) is 0 Å². The lowest BCUT2D eigenvalue weighted by Crippen LogP contribution is -2.34. The third kappa shape index (κ3) is 2.58. The molecule has 0 aliphatic heterocycles. The predicted octanol–water partition coefficient (Wildman–Crippen LogP) is 3.12. The molecular weight excluding hydrogens is 234 g/mol. The van der Waals surface area contributed by atoms with Crippen LogP contribution in [-0.2, 0) is 19.3 Å². The highest BCUT2D eigenvalue weighted by molar-refractivity contribution is 6.33. The molecule has 17 heavy (non-hydrogen) atoms. The van der Waals surface area contributed by atoms with Crippen LogP contribution in [0.15, 0.2) is 6.07 Å². The Hall–Kier alpha value is -0.730. The summed E-state index contributed by atoms with van der Waals surface area (Å²) in [5, 5.41) is 0.793. The topological polar surface area (TPSA) is 35.2 Å². The van der Waals surface area contributed by atoms with Gasteiger partial charge < -0.3 is 10.5 Å². The van der Waals surface area contributed by atoms with E-state index in [2.05, 4.69) is 6.07 Å². The molecule has 0 heterocycles. The zero-order chi connectivity index (χ0) is 12.6. The molecule has 0 spiro atoms. The molecule has 0 saturated carbocycles. The highest BCUT2D eigenvalue weighted by Gasteiger charge is 2.23. The van der Waals surface area contributed by atoms with Crippen molar-refractivity contribution in [3.05, 3.63) is 27.8 Å². The van der Waals surface area contributed by atoms with E-state index < -0.39 is 0 Å². The van der Waals surface area contributed by atoms with E-state index in [4.69, 9.17) is 22.1 Å². The molecule has 0 atom stereocenters. The van der Waals surface area contributed by atoms with Crippen molar-refractivity contribution >= 4 is 11.6 Å². The van der Waals surface area contributed by atoms with Crippen molar-refractivity contribution in [3.63, 3.8) is 0 Å². The van der Waals surface area contributed by atoms with E-state index in [1.54, 1.807) is 7.11 Å². The lowest BCUT2D eigenvalue weighted by Gasteiger charge is -2.22. The summed E-state index contributed by atoms with van der Waals surface area (Å²) in [6.45, 7) is 4.04. The van der Waals surface area contributed by atoms with Gasteiger partial charge in [0, 0.05) is 5.54 Å². The Kier molecular flexibility index (Phi) is 3.37. The van der Waals surface area contributed by atoms with E-state index in [-0.39, 0.29) is 5.54 Å². The quantitative estimate of drug-likeness (QED) is 0.898. The second kappa shape index (κ2) is 4.51. The molecule has 3 heteroatoms. The van der Waals surface area contributed by atoms with Crippen molar-refractivity contribution in [3.8, 4) is 5.75 Å². The monoisotopic (exact) mass is 253 g/mol. The van der Waals surface area contributed by atoms with E-state index >= 15 is 0 Å². The number of benzene rings is 1. The maximum Gasteiger partial charge on any atom is 0.141 e. The van der Waals surface area contributed by atoms with Gasteiger partial charge in [0.1, 0.15) is 5.75 Å². The van der Waals surface area contributed by atoms with Gasteiger partial charge in [-0.3, -0.25) is 0 Å². The van der Waals surface area contributed by atoms with Crippen LogP contribution in [0.2, 0.25) is 5.02 Å². The molecule has 1 aliphatic carbocycles. The average molecular weight is 254 g/mol. The average Bonchev–Trinajstić information content (AvgIpc) is 2.64. The Morgan fingerprint density at radius 3 is 2.71 bits per heavy atom. The Balaban J connectivity index is 2.48. The smallest absolute Gasteiger partial charge is 0.141 e. The van der Waals surface area contributed by atoms with Crippen LogP contribution >= 0.6 is 11.6 Å². The zero-order valence-electron chi connectivity index (χ0n) is 10.8. The second-order valence-corrected chi connectivity index (χ2v) is 5.92. The molecular formula is C14H20ClNO. The van der Waals surface area contributed by atoms with E-state index in [9.17, 15) is 0 Å². The number of nitrogens with two attached hydrogens (primary N) is 1. The highest BCUT2D eigenvalue weighted by atomic mass is 35.5. The van der Waals surface area contributed by atoms with Crippen LogP contribution in [0.5, 0.6) is 5.75 Å². The molecule has 0 amide bonds. The molecule has 94 valence electrons. The van der Waals surface area contributed by atoms with Crippen LogP contribution in [-0.4, -0.2) is 12.6 Å². The van der Waals surface area contributed by atoms with Gasteiger partial charge in [-0.2, -0.15) is 0 Å². The second-order valence-electron chi connectivity index (χ2n) is 5.54. The lowest BCUT2D eigenvalue weighted by atomic mass is 9.93. The van der Waals surface area contributed by atoms with Gasteiger partial charge in [-0.25, -0.2) is 0 Å². The number of ether oxygens (including phenoxy) is 1. The van der Waals surface area contributed by atoms with E-state index in [0.29, 0.717) is 0 Å². The third-order valence-electron chi connectivity index (χ3n) is 3.22. The summed E-state index contributed by atoms with van der Waals surface area (Å²) < 4.78 is 5.46. The maximum absolute atomic E-state index is 6.42. The molecule has 2 rings (SSSR count). The Labute approximate surface area is 108 Å². The number of aryl methyl sites for hydroxylation is 1. The highest BCUT2D eigenvalue weighted by Crippen LogP contribution is 2.39. The first-order chi connectivity index (χ1) is 7.92. The van der Waals surface area contributed by atoms with Crippen molar-refractivity contribution in [1.29, 1.82) is 0 Å². The fraction of sp³-hybridized carbons (Fsp3) is 0.571. The van der Waals surface area contributed by atoms with Gasteiger partial charge in [0.25, 0.3) is 0 Å². The van der Waals surface area contributed by atoms with E-state index in [1.165, 1.54) is 17.5 Å². The van der Waals surface area contributed by atoms with Gasteiger partial charge in [-0.05, 0) is 56.2 Å². The molecule has 0 radical (unpaired) electrons. The first-order valence-electron chi connectivity index (χ1n) is 6.08. The summed E-state index contributed by atoms with van der Waals surface area (Å²) >= 11 is 6.42. The van der Waals surface area contributed by atoms with Crippen LogP contribution in [0.25, 0.3) is 0 Å². The van der Waals surface area contributed by atoms with Crippen LogP contribution in [0.4, 0.5) is 0 Å². The van der Waals surface area contributed by atoms with Crippen LogP contribution < -0.4 is 10.5 Å². The van der Waals surface area contributed by atoms with E-state index in [1.807, 2.05) is 13.8 Å². The zero-order valence-corrected chi connectivity index (χ0v) is 11.5. The molecule has 0 saturated heterocycles. The molecule has 0 aromatic heterocycles. The maximum atomic E-state index is 6.42. The van der Waals surface area contributed by atoms with Crippen molar-refractivity contribution < 1.29 is 4.74 Å². The number of methoxy groups -OCH3 is 1. The van der Waals surface area contributed by atoms with Crippen molar-refractivity contribution in [1.82, 2.24) is 0 Å². The van der Waals surface area contributed by atoms with Gasteiger partial charge in [0.15, 0.2) is 0 Å². The number of fused-ring (bicyclic) bond motifs is 1. The fourth-order valence-electron chi connectivity index (χ4n) is 2.57. The molecule has 1 aromatic rings. The Morgan fingerprint density at radius 1 is 1.41 bits per heavy atom.